The summed E-state index contributed by atoms with van der Waals surface area (Å²) in [6, 6.07) is 8.26. The minimum Gasteiger partial charge on any atom is -0.454 e. The number of primary sulfonamides is 1. The van der Waals surface area contributed by atoms with Crippen molar-refractivity contribution in [2.24, 2.45) is 5.14 Å². The molecule has 0 aliphatic carbocycles. The van der Waals surface area contributed by atoms with Crippen LogP contribution in [0.25, 0.3) is 5.69 Å². The van der Waals surface area contributed by atoms with E-state index >= 15 is 0 Å². The first-order valence-electron chi connectivity index (χ1n) is 9.59. The Labute approximate surface area is 191 Å². The number of carbonyl (C=O) groups is 2. The van der Waals surface area contributed by atoms with Crippen LogP contribution in [0.5, 0.6) is 0 Å². The maximum atomic E-state index is 14.0. The van der Waals surface area contributed by atoms with Gasteiger partial charge in [0, 0.05) is 22.6 Å². The molecule has 1 heterocycles. The van der Waals surface area contributed by atoms with Gasteiger partial charge >= 0.3 is 12.1 Å². The van der Waals surface area contributed by atoms with Gasteiger partial charge in [0.1, 0.15) is 5.82 Å². The number of ether oxygens (including phenoxy) is 1. The van der Waals surface area contributed by atoms with E-state index in [4.69, 9.17) is 9.88 Å². The minimum atomic E-state index is -4.55. The lowest BCUT2D eigenvalue weighted by Crippen LogP contribution is -2.17. The number of aromatic nitrogens is 1. The predicted octanol–water partition coefficient (Wildman–Crippen LogP) is 3.94. The van der Waals surface area contributed by atoms with Crippen molar-refractivity contribution in [1.29, 1.82) is 0 Å². The molecule has 0 spiro atoms. The van der Waals surface area contributed by atoms with E-state index in [1.54, 1.807) is 6.92 Å². The highest BCUT2D eigenvalue weighted by molar-refractivity contribution is 7.89. The first-order chi connectivity index (χ1) is 15.7. The van der Waals surface area contributed by atoms with Crippen molar-refractivity contribution >= 4 is 21.8 Å². The maximum absolute atomic E-state index is 14.0. The van der Waals surface area contributed by atoms with Crippen LogP contribution in [-0.4, -0.2) is 31.3 Å². The van der Waals surface area contributed by atoms with Gasteiger partial charge in [-0.1, -0.05) is 6.07 Å². The zero-order valence-corrected chi connectivity index (χ0v) is 18.6. The van der Waals surface area contributed by atoms with Crippen LogP contribution in [0.15, 0.2) is 53.4 Å². The molecule has 0 fully saturated rings. The summed E-state index contributed by atoms with van der Waals surface area (Å²) in [5.74, 6) is -3.06. The summed E-state index contributed by atoms with van der Waals surface area (Å²) in [5.41, 5.74) is -0.556. The van der Waals surface area contributed by atoms with Crippen LogP contribution < -0.4 is 5.14 Å². The smallest absolute Gasteiger partial charge is 0.416 e. The second-order valence-corrected chi connectivity index (χ2v) is 8.92. The van der Waals surface area contributed by atoms with Crippen LogP contribution in [0.2, 0.25) is 0 Å². The lowest BCUT2D eigenvalue weighted by atomic mass is 10.1. The maximum Gasteiger partial charge on any atom is 0.416 e. The Morgan fingerprint density at radius 3 is 2.32 bits per heavy atom. The van der Waals surface area contributed by atoms with Gasteiger partial charge in [-0.15, -0.1) is 0 Å². The molecular formula is C22H18F4N2O5S. The minimum absolute atomic E-state index is 0.0847. The molecule has 0 amide bonds. The van der Waals surface area contributed by atoms with Crippen LogP contribution >= 0.6 is 0 Å². The van der Waals surface area contributed by atoms with E-state index in [0.717, 1.165) is 24.3 Å². The summed E-state index contributed by atoms with van der Waals surface area (Å²) in [6.45, 7) is 2.28. The van der Waals surface area contributed by atoms with Crippen molar-refractivity contribution in [2.75, 3.05) is 6.61 Å². The molecule has 0 atom stereocenters. The van der Waals surface area contributed by atoms with Crippen LogP contribution in [0, 0.1) is 19.7 Å². The number of sulfonamides is 1. The third kappa shape index (κ3) is 5.18. The highest BCUT2D eigenvalue weighted by Crippen LogP contribution is 2.31. The largest absolute Gasteiger partial charge is 0.454 e. The second kappa shape index (κ2) is 9.03. The number of aryl methyl sites for hydroxylation is 1. The molecule has 0 aliphatic rings. The Hall–Kier alpha value is -3.51. The first-order valence-corrected chi connectivity index (χ1v) is 11.1. The molecular weight excluding hydrogens is 480 g/mol. The Kier molecular flexibility index (Phi) is 6.67. The summed E-state index contributed by atoms with van der Waals surface area (Å²) in [4.78, 5) is 24.4. The number of nitrogens with two attached hydrogens (primary N) is 1. The van der Waals surface area contributed by atoms with E-state index < -0.39 is 56.4 Å². The third-order valence-corrected chi connectivity index (χ3v) is 5.89. The monoisotopic (exact) mass is 498 g/mol. The normalized spacial score (nSPS) is 12.0. The molecule has 12 heteroatoms. The molecule has 2 aromatic carbocycles. The molecule has 2 N–H and O–H groups in total. The number of Topliss-reactive ketones (excluding diaryl/α,β-unsaturated/α-hetero) is 1. The van der Waals surface area contributed by atoms with Gasteiger partial charge in [0.2, 0.25) is 15.8 Å². The van der Waals surface area contributed by atoms with Crippen LogP contribution in [0.3, 0.4) is 0 Å². The van der Waals surface area contributed by atoms with Crippen LogP contribution in [-0.2, 0) is 20.9 Å². The summed E-state index contributed by atoms with van der Waals surface area (Å²) in [5, 5.41) is 4.97. The van der Waals surface area contributed by atoms with E-state index in [9.17, 15) is 35.6 Å². The fraction of sp³-hybridized carbons (Fsp3) is 0.182. The molecule has 0 bridgehead atoms. The van der Waals surface area contributed by atoms with Gasteiger partial charge in [0.15, 0.2) is 6.61 Å². The molecule has 0 saturated carbocycles. The highest BCUT2D eigenvalue weighted by atomic mass is 32.2. The lowest BCUT2D eigenvalue weighted by Gasteiger charge is -2.13. The number of nitrogens with zero attached hydrogens (tertiary/aromatic N) is 1. The molecule has 34 heavy (non-hydrogen) atoms. The van der Waals surface area contributed by atoms with Gasteiger partial charge in [-0.05, 0) is 56.3 Å². The SMILES string of the molecule is Cc1cc(C(=O)COC(=O)c2cc(S(N)(=O)=O)ccc2F)c(C)n1-c1cccc(C(F)(F)F)c1. The van der Waals surface area contributed by atoms with Gasteiger partial charge in [0.05, 0.1) is 16.0 Å². The Morgan fingerprint density at radius 2 is 1.71 bits per heavy atom. The van der Waals surface area contributed by atoms with E-state index in [-0.39, 0.29) is 11.3 Å². The summed E-state index contributed by atoms with van der Waals surface area (Å²) in [6.07, 6.45) is -4.55. The average molecular weight is 498 g/mol. The summed E-state index contributed by atoms with van der Waals surface area (Å²) < 4.78 is 82.3. The van der Waals surface area contributed by atoms with E-state index in [2.05, 4.69) is 0 Å². The van der Waals surface area contributed by atoms with Crippen LogP contribution in [0.1, 0.15) is 37.7 Å². The topological polar surface area (TPSA) is 108 Å². The molecule has 1 aromatic heterocycles. The highest BCUT2D eigenvalue weighted by Gasteiger charge is 2.31. The Bertz CT molecular complexity index is 1390. The van der Waals surface area contributed by atoms with Gasteiger partial charge < -0.3 is 9.30 Å². The second-order valence-electron chi connectivity index (χ2n) is 7.35. The fourth-order valence-corrected chi connectivity index (χ4v) is 3.93. The summed E-state index contributed by atoms with van der Waals surface area (Å²) in [7, 11) is -4.21. The number of alkyl halides is 3. The van der Waals surface area contributed by atoms with Crippen molar-refractivity contribution in [2.45, 2.75) is 24.9 Å². The number of hydrogen-bond acceptors (Lipinski definition) is 5. The van der Waals surface area contributed by atoms with Gasteiger partial charge in [-0.3, -0.25) is 4.79 Å². The summed E-state index contributed by atoms with van der Waals surface area (Å²) >= 11 is 0. The first kappa shape index (κ1) is 25.1. The number of esters is 1. The predicted molar refractivity (Wildman–Crippen MR) is 113 cm³/mol. The van der Waals surface area contributed by atoms with Crippen molar-refractivity contribution < 1.29 is 40.3 Å². The quantitative estimate of drug-likeness (QED) is 0.315. The average Bonchev–Trinajstić information content (AvgIpc) is 3.04. The van der Waals surface area contributed by atoms with Crippen molar-refractivity contribution in [3.63, 3.8) is 0 Å². The zero-order chi connectivity index (χ0) is 25.4. The number of rotatable bonds is 6. The molecule has 0 radical (unpaired) electrons. The van der Waals surface area contributed by atoms with Crippen LogP contribution in [0.4, 0.5) is 17.6 Å². The number of benzene rings is 2. The number of halogens is 4. The molecule has 3 rings (SSSR count). The van der Waals surface area contributed by atoms with E-state index in [0.29, 0.717) is 17.5 Å². The van der Waals surface area contributed by atoms with Crippen molar-refractivity contribution in [3.8, 4) is 5.69 Å². The molecule has 180 valence electrons. The Morgan fingerprint density at radius 1 is 1.03 bits per heavy atom. The van der Waals surface area contributed by atoms with Gasteiger partial charge in [-0.2, -0.15) is 13.2 Å². The molecule has 7 nitrogen and oxygen atoms in total. The third-order valence-electron chi connectivity index (χ3n) is 4.98. The lowest BCUT2D eigenvalue weighted by molar-refractivity contribution is -0.137. The molecule has 0 aliphatic heterocycles. The number of carbonyl (C=O) groups excluding carboxylic acids is 2. The number of hydrogen-bond donors (Lipinski definition) is 1. The standard InChI is InChI=1S/C22H18F4N2O5S/c1-12-8-17(13(2)28(12)15-5-3-4-14(9-15)22(24,25)26)20(29)11-33-21(30)18-10-16(34(27,31)32)6-7-19(18)23/h3-10H,11H2,1-2H3,(H2,27,31,32). The van der Waals surface area contributed by atoms with Gasteiger partial charge in [0.25, 0.3) is 0 Å². The van der Waals surface area contributed by atoms with Crippen molar-refractivity contribution in [1.82, 2.24) is 4.57 Å². The molecule has 0 saturated heterocycles. The number of ketones is 1. The van der Waals surface area contributed by atoms with Gasteiger partial charge in [-0.25, -0.2) is 22.7 Å². The molecule has 3 aromatic rings. The fourth-order valence-electron chi connectivity index (χ4n) is 3.39. The van der Waals surface area contributed by atoms with E-state index in [1.165, 1.54) is 29.7 Å². The molecule has 0 unspecified atom stereocenters. The Balaban J connectivity index is 1.83. The zero-order valence-electron chi connectivity index (χ0n) is 17.8. The van der Waals surface area contributed by atoms with Crippen molar-refractivity contribution in [3.05, 3.63) is 82.4 Å². The van der Waals surface area contributed by atoms with E-state index in [1.807, 2.05) is 0 Å².